The van der Waals surface area contributed by atoms with Crippen molar-refractivity contribution in [3.8, 4) is 0 Å². The van der Waals surface area contributed by atoms with Gasteiger partial charge in [-0.3, -0.25) is 0 Å². The van der Waals surface area contributed by atoms with Gasteiger partial charge in [-0.2, -0.15) is 0 Å². The lowest BCUT2D eigenvalue weighted by Crippen LogP contribution is -2.38. The van der Waals surface area contributed by atoms with E-state index < -0.39 is 6.09 Å². The maximum absolute atomic E-state index is 10.2. The normalized spacial score (nSPS) is 20.4. The zero-order valence-corrected chi connectivity index (χ0v) is 8.54. The number of nitrogens with two attached hydrogens (primary N) is 1. The van der Waals surface area contributed by atoms with Crippen LogP contribution in [0.5, 0.6) is 0 Å². The van der Waals surface area contributed by atoms with E-state index >= 15 is 0 Å². The van der Waals surface area contributed by atoms with Gasteiger partial charge in [-0.25, -0.2) is 4.79 Å². The first-order valence-electron chi connectivity index (χ1n) is 5.41. The highest BCUT2D eigenvalue weighted by atomic mass is 16.4. The van der Waals surface area contributed by atoms with Crippen LogP contribution in [0.3, 0.4) is 0 Å². The van der Waals surface area contributed by atoms with Gasteiger partial charge in [-0.05, 0) is 12.3 Å². The lowest BCUT2D eigenvalue weighted by molar-refractivity contribution is 0.192. The van der Waals surface area contributed by atoms with E-state index in [9.17, 15) is 4.79 Å². The third kappa shape index (κ3) is 4.46. The number of rotatable bonds is 4. The molecule has 0 heterocycles. The van der Waals surface area contributed by atoms with Crippen molar-refractivity contribution in [3.05, 3.63) is 0 Å². The van der Waals surface area contributed by atoms with E-state index in [0.29, 0.717) is 12.5 Å². The summed E-state index contributed by atoms with van der Waals surface area (Å²) in [5.74, 6) is 0.717. The molecule has 0 aliphatic heterocycles. The Morgan fingerprint density at radius 3 is 2.64 bits per heavy atom. The Morgan fingerprint density at radius 1 is 1.43 bits per heavy atom. The third-order valence-corrected chi connectivity index (χ3v) is 2.88. The molecule has 0 bridgehead atoms. The highest BCUT2D eigenvalue weighted by Gasteiger charge is 2.16. The Morgan fingerprint density at radius 2 is 2.07 bits per heavy atom. The van der Waals surface area contributed by atoms with Crippen LogP contribution in [-0.2, 0) is 0 Å². The summed E-state index contributed by atoms with van der Waals surface area (Å²) in [5.41, 5.74) is 5.83. The summed E-state index contributed by atoms with van der Waals surface area (Å²) in [6.07, 6.45) is 6.47. The minimum absolute atomic E-state index is 0.0193. The zero-order valence-electron chi connectivity index (χ0n) is 8.54. The summed E-state index contributed by atoms with van der Waals surface area (Å²) in [6.45, 7) is 0.381. The van der Waals surface area contributed by atoms with Gasteiger partial charge in [0.1, 0.15) is 0 Å². The Bertz CT molecular complexity index is 179. The molecule has 4 heteroatoms. The first kappa shape index (κ1) is 11.3. The maximum atomic E-state index is 10.2. The van der Waals surface area contributed by atoms with Crippen LogP contribution in [-0.4, -0.2) is 23.8 Å². The molecule has 4 N–H and O–H groups in total. The van der Waals surface area contributed by atoms with Crippen LogP contribution in [0.1, 0.15) is 38.5 Å². The van der Waals surface area contributed by atoms with Crippen molar-refractivity contribution < 1.29 is 9.90 Å². The van der Waals surface area contributed by atoms with E-state index in [-0.39, 0.29) is 6.04 Å². The van der Waals surface area contributed by atoms with Crippen LogP contribution < -0.4 is 11.1 Å². The summed E-state index contributed by atoms with van der Waals surface area (Å²) < 4.78 is 0. The SMILES string of the molecule is NC(CNC(=O)O)CC1CCCCC1. The Kier molecular flexibility index (Phi) is 4.73. The summed E-state index contributed by atoms with van der Waals surface area (Å²) in [5, 5.41) is 10.7. The predicted molar refractivity (Wildman–Crippen MR) is 55.2 cm³/mol. The number of amides is 1. The number of nitrogens with one attached hydrogen (secondary N) is 1. The van der Waals surface area contributed by atoms with E-state index in [1.54, 1.807) is 0 Å². The molecule has 1 unspecified atom stereocenters. The second kappa shape index (κ2) is 5.86. The molecule has 1 saturated carbocycles. The molecule has 1 aliphatic carbocycles. The summed E-state index contributed by atoms with van der Waals surface area (Å²) in [6, 6.07) is -0.0193. The van der Waals surface area contributed by atoms with E-state index in [0.717, 1.165) is 6.42 Å². The molecule has 1 atom stereocenters. The van der Waals surface area contributed by atoms with Gasteiger partial charge in [0, 0.05) is 12.6 Å². The first-order valence-corrected chi connectivity index (χ1v) is 5.41. The molecule has 4 nitrogen and oxygen atoms in total. The Balaban J connectivity index is 2.11. The lowest BCUT2D eigenvalue weighted by Gasteiger charge is -2.24. The molecule has 1 rings (SSSR count). The fourth-order valence-electron chi connectivity index (χ4n) is 2.15. The molecule has 0 aromatic carbocycles. The first-order chi connectivity index (χ1) is 6.68. The van der Waals surface area contributed by atoms with E-state index in [2.05, 4.69) is 5.32 Å². The number of hydrogen-bond acceptors (Lipinski definition) is 2. The molecule has 1 fully saturated rings. The van der Waals surface area contributed by atoms with E-state index in [1.165, 1.54) is 32.1 Å². The van der Waals surface area contributed by atoms with Crippen molar-refractivity contribution >= 4 is 6.09 Å². The summed E-state index contributed by atoms with van der Waals surface area (Å²) in [4.78, 5) is 10.2. The monoisotopic (exact) mass is 200 g/mol. The highest BCUT2D eigenvalue weighted by Crippen LogP contribution is 2.26. The van der Waals surface area contributed by atoms with Gasteiger partial charge in [0.2, 0.25) is 0 Å². The zero-order chi connectivity index (χ0) is 10.4. The van der Waals surface area contributed by atoms with E-state index in [4.69, 9.17) is 10.8 Å². The van der Waals surface area contributed by atoms with Gasteiger partial charge in [-0.1, -0.05) is 32.1 Å². The number of hydrogen-bond donors (Lipinski definition) is 3. The fraction of sp³-hybridized carbons (Fsp3) is 0.900. The second-order valence-corrected chi connectivity index (χ2v) is 4.19. The van der Waals surface area contributed by atoms with Crippen LogP contribution in [0.4, 0.5) is 4.79 Å². The topological polar surface area (TPSA) is 75.3 Å². The molecule has 0 saturated heterocycles. The molecular weight excluding hydrogens is 180 g/mol. The van der Waals surface area contributed by atoms with Gasteiger partial charge < -0.3 is 16.2 Å². The van der Waals surface area contributed by atoms with Gasteiger partial charge >= 0.3 is 6.09 Å². The molecule has 0 aromatic rings. The van der Waals surface area contributed by atoms with Gasteiger partial charge in [0.05, 0.1) is 0 Å². The fourth-order valence-corrected chi connectivity index (χ4v) is 2.15. The van der Waals surface area contributed by atoms with Crippen molar-refractivity contribution in [1.82, 2.24) is 5.32 Å². The lowest BCUT2D eigenvalue weighted by atomic mass is 9.85. The quantitative estimate of drug-likeness (QED) is 0.644. The minimum Gasteiger partial charge on any atom is -0.465 e. The van der Waals surface area contributed by atoms with Crippen molar-refractivity contribution in [1.29, 1.82) is 0 Å². The van der Waals surface area contributed by atoms with Crippen LogP contribution in [0.25, 0.3) is 0 Å². The molecule has 1 aliphatic rings. The van der Waals surface area contributed by atoms with Crippen molar-refractivity contribution in [2.45, 2.75) is 44.6 Å². The highest BCUT2D eigenvalue weighted by molar-refractivity contribution is 5.64. The second-order valence-electron chi connectivity index (χ2n) is 4.19. The molecule has 82 valence electrons. The predicted octanol–water partition coefficient (Wildman–Crippen LogP) is 1.55. The number of carboxylic acid groups (broad SMARTS) is 1. The van der Waals surface area contributed by atoms with Gasteiger partial charge in [-0.15, -0.1) is 0 Å². The Labute approximate surface area is 84.9 Å². The van der Waals surface area contributed by atoms with Gasteiger partial charge in [0.15, 0.2) is 0 Å². The third-order valence-electron chi connectivity index (χ3n) is 2.88. The molecular formula is C10H20N2O2. The Hall–Kier alpha value is -0.770. The molecule has 0 spiro atoms. The summed E-state index contributed by atoms with van der Waals surface area (Å²) >= 11 is 0. The minimum atomic E-state index is -0.982. The maximum Gasteiger partial charge on any atom is 0.404 e. The van der Waals surface area contributed by atoms with Gasteiger partial charge in [0.25, 0.3) is 0 Å². The standard InChI is InChI=1S/C10H20N2O2/c11-9(7-12-10(13)14)6-8-4-2-1-3-5-8/h8-9,12H,1-7,11H2,(H,13,14). The average molecular weight is 200 g/mol. The van der Waals surface area contributed by atoms with E-state index in [1.807, 2.05) is 0 Å². The van der Waals surface area contributed by atoms with Crippen molar-refractivity contribution in [2.75, 3.05) is 6.54 Å². The molecule has 0 aromatic heterocycles. The molecule has 14 heavy (non-hydrogen) atoms. The van der Waals surface area contributed by atoms with Crippen molar-refractivity contribution in [2.24, 2.45) is 11.7 Å². The summed E-state index contributed by atoms with van der Waals surface area (Å²) in [7, 11) is 0. The van der Waals surface area contributed by atoms with Crippen LogP contribution in [0.2, 0.25) is 0 Å². The van der Waals surface area contributed by atoms with Crippen LogP contribution in [0, 0.1) is 5.92 Å². The average Bonchev–Trinajstić information content (AvgIpc) is 2.16. The number of carbonyl (C=O) groups is 1. The largest absolute Gasteiger partial charge is 0.465 e. The molecule has 0 radical (unpaired) electrons. The van der Waals surface area contributed by atoms with Crippen LogP contribution >= 0.6 is 0 Å². The van der Waals surface area contributed by atoms with Crippen LogP contribution in [0.15, 0.2) is 0 Å². The van der Waals surface area contributed by atoms with Crippen molar-refractivity contribution in [3.63, 3.8) is 0 Å². The molecule has 1 amide bonds. The smallest absolute Gasteiger partial charge is 0.404 e.